The molecule has 3 rings (SSSR count). The number of ketones is 1. The second kappa shape index (κ2) is 15.7. The van der Waals surface area contributed by atoms with Gasteiger partial charge in [-0.2, -0.15) is 0 Å². The standard InChI is InChI=1S/C32H39ClN2O10/c1-19(36)44-18-32(2,3)17-35-24-12-10-20(33)14-23(24)29(22-8-7-9-25(41-4)30(22)43-6)45-26(31(35)40)15-27(38)34-16-21(37)11-13-28(39)42-5/h7-10,12,14,26,29H,11,13,15-18H2,1-6H3,(H,34,38)/t26-,29-/m1/s1. The van der Waals surface area contributed by atoms with Crippen LogP contribution in [0.1, 0.15) is 57.3 Å². The van der Waals surface area contributed by atoms with Gasteiger partial charge in [0.2, 0.25) is 5.91 Å². The molecule has 13 heteroatoms. The second-order valence-corrected chi connectivity index (χ2v) is 11.7. The van der Waals surface area contributed by atoms with Crippen LogP contribution < -0.4 is 19.7 Å². The second-order valence-electron chi connectivity index (χ2n) is 11.3. The Kier molecular flexibility index (Phi) is 12.3. The molecule has 1 aliphatic rings. The topological polar surface area (TPSA) is 147 Å². The van der Waals surface area contributed by atoms with Crippen molar-refractivity contribution in [2.45, 2.75) is 52.2 Å². The van der Waals surface area contributed by atoms with Crippen molar-refractivity contribution >= 4 is 46.8 Å². The van der Waals surface area contributed by atoms with Gasteiger partial charge < -0.3 is 33.9 Å². The van der Waals surface area contributed by atoms with Gasteiger partial charge in [0.25, 0.3) is 5.91 Å². The van der Waals surface area contributed by atoms with E-state index < -0.39 is 47.8 Å². The zero-order valence-corrected chi connectivity index (χ0v) is 27.0. The number of nitrogens with one attached hydrogen (secondary N) is 1. The van der Waals surface area contributed by atoms with Crippen LogP contribution in [0.5, 0.6) is 11.5 Å². The number of carbonyl (C=O) groups excluding carboxylic acids is 5. The van der Waals surface area contributed by atoms with Crippen molar-refractivity contribution in [2.24, 2.45) is 5.41 Å². The summed E-state index contributed by atoms with van der Waals surface area (Å²) >= 11 is 6.47. The molecule has 0 saturated heterocycles. The van der Waals surface area contributed by atoms with E-state index in [0.717, 1.165) is 0 Å². The maximum absolute atomic E-state index is 14.3. The summed E-state index contributed by atoms with van der Waals surface area (Å²) in [5.41, 5.74) is 0.838. The Hall–Kier alpha value is -4.16. The molecule has 2 atom stereocenters. The molecule has 0 radical (unpaired) electrons. The normalized spacial score (nSPS) is 16.2. The van der Waals surface area contributed by atoms with Crippen molar-refractivity contribution in [3.05, 3.63) is 52.5 Å². The Morgan fingerprint density at radius 3 is 2.40 bits per heavy atom. The third-order valence-corrected chi connectivity index (χ3v) is 7.30. The molecule has 0 aromatic heterocycles. The van der Waals surface area contributed by atoms with E-state index in [1.165, 1.54) is 33.2 Å². The van der Waals surface area contributed by atoms with Gasteiger partial charge in [-0.25, -0.2) is 0 Å². The highest BCUT2D eigenvalue weighted by atomic mass is 35.5. The van der Waals surface area contributed by atoms with Crippen molar-refractivity contribution in [3.63, 3.8) is 0 Å². The molecule has 0 aliphatic carbocycles. The molecule has 2 amide bonds. The number of ether oxygens (including phenoxy) is 5. The molecule has 1 heterocycles. The highest BCUT2D eigenvalue weighted by Gasteiger charge is 2.41. The molecule has 0 spiro atoms. The molecule has 0 bridgehead atoms. The van der Waals surface area contributed by atoms with E-state index in [2.05, 4.69) is 10.1 Å². The van der Waals surface area contributed by atoms with Crippen LogP contribution >= 0.6 is 11.6 Å². The van der Waals surface area contributed by atoms with Crippen LogP contribution in [0.25, 0.3) is 0 Å². The van der Waals surface area contributed by atoms with Crippen molar-refractivity contribution in [3.8, 4) is 11.5 Å². The van der Waals surface area contributed by atoms with Gasteiger partial charge in [0.15, 0.2) is 17.3 Å². The first-order valence-corrected chi connectivity index (χ1v) is 14.6. The van der Waals surface area contributed by atoms with Crippen LogP contribution in [0.2, 0.25) is 5.02 Å². The van der Waals surface area contributed by atoms with Crippen LogP contribution in [0.15, 0.2) is 36.4 Å². The lowest BCUT2D eigenvalue weighted by molar-refractivity contribution is -0.144. The van der Waals surface area contributed by atoms with E-state index in [0.29, 0.717) is 33.3 Å². The molecular formula is C32H39ClN2O10. The molecule has 1 N–H and O–H groups in total. The molecule has 2 aromatic rings. The quantitative estimate of drug-likeness (QED) is 0.301. The maximum atomic E-state index is 14.3. The number of halogens is 1. The lowest BCUT2D eigenvalue weighted by Crippen LogP contribution is -2.47. The SMILES string of the molecule is COC(=O)CCC(=O)CNC(=O)C[C@H]1O[C@H](c2cccc(OC)c2OC)c2cc(Cl)ccc2N(CC(C)(C)COC(C)=O)C1=O. The highest BCUT2D eigenvalue weighted by Crippen LogP contribution is 2.45. The van der Waals surface area contributed by atoms with Gasteiger partial charge in [-0.05, 0) is 24.3 Å². The summed E-state index contributed by atoms with van der Waals surface area (Å²) in [6, 6.07) is 10.3. The number of Topliss-reactive ketones (excluding diaryl/α,β-unsaturated/α-hetero) is 1. The van der Waals surface area contributed by atoms with E-state index in [1.54, 1.807) is 36.4 Å². The molecule has 12 nitrogen and oxygen atoms in total. The van der Waals surface area contributed by atoms with Gasteiger partial charge >= 0.3 is 11.9 Å². The number of amides is 2. The number of fused-ring (bicyclic) bond motifs is 1. The molecule has 244 valence electrons. The minimum Gasteiger partial charge on any atom is -0.493 e. The van der Waals surface area contributed by atoms with Crippen molar-refractivity contribution < 1.29 is 47.7 Å². The van der Waals surface area contributed by atoms with Crippen LogP contribution in [-0.4, -0.2) is 76.7 Å². The number of anilines is 1. The van der Waals surface area contributed by atoms with E-state index in [-0.39, 0.29) is 38.3 Å². The third-order valence-electron chi connectivity index (χ3n) is 7.06. The smallest absolute Gasteiger partial charge is 0.305 e. The van der Waals surface area contributed by atoms with Gasteiger partial charge in [0, 0.05) is 47.1 Å². The fourth-order valence-electron chi connectivity index (χ4n) is 4.87. The van der Waals surface area contributed by atoms with Gasteiger partial charge in [-0.1, -0.05) is 37.6 Å². The largest absolute Gasteiger partial charge is 0.493 e. The Balaban J connectivity index is 2.04. The Morgan fingerprint density at radius 1 is 1.02 bits per heavy atom. The predicted molar refractivity (Wildman–Crippen MR) is 164 cm³/mol. The number of hydrogen-bond donors (Lipinski definition) is 1. The number of benzene rings is 2. The zero-order chi connectivity index (χ0) is 33.3. The lowest BCUT2D eigenvalue weighted by Gasteiger charge is -2.33. The molecular weight excluding hydrogens is 608 g/mol. The van der Waals surface area contributed by atoms with Gasteiger partial charge in [-0.3, -0.25) is 24.0 Å². The van der Waals surface area contributed by atoms with Gasteiger partial charge in [-0.15, -0.1) is 0 Å². The minimum absolute atomic E-state index is 0.0296. The van der Waals surface area contributed by atoms with E-state index >= 15 is 0 Å². The summed E-state index contributed by atoms with van der Waals surface area (Å²) < 4.78 is 27.5. The number of carbonyl (C=O) groups is 5. The van der Waals surface area contributed by atoms with E-state index in [9.17, 15) is 24.0 Å². The first kappa shape index (κ1) is 35.3. The number of esters is 2. The third kappa shape index (κ3) is 9.41. The number of nitrogens with zero attached hydrogens (tertiary/aromatic N) is 1. The number of para-hydroxylation sites is 1. The van der Waals surface area contributed by atoms with E-state index in [1.807, 2.05) is 13.8 Å². The summed E-state index contributed by atoms with van der Waals surface area (Å²) in [5.74, 6) is -1.71. The molecule has 0 saturated carbocycles. The fourth-order valence-corrected chi connectivity index (χ4v) is 5.05. The van der Waals surface area contributed by atoms with Crippen LogP contribution in [0.3, 0.4) is 0 Å². The zero-order valence-electron chi connectivity index (χ0n) is 26.3. The number of methoxy groups -OCH3 is 3. The summed E-state index contributed by atoms with van der Waals surface area (Å²) in [6.45, 7) is 4.78. The Morgan fingerprint density at radius 2 is 1.76 bits per heavy atom. The maximum Gasteiger partial charge on any atom is 0.305 e. The number of rotatable bonds is 14. The first-order valence-electron chi connectivity index (χ1n) is 14.3. The minimum atomic E-state index is -1.31. The van der Waals surface area contributed by atoms with Crippen LogP contribution in [0.4, 0.5) is 5.69 Å². The van der Waals surface area contributed by atoms with Gasteiger partial charge in [0.05, 0.1) is 47.3 Å². The van der Waals surface area contributed by atoms with Crippen molar-refractivity contribution in [1.82, 2.24) is 5.32 Å². The summed E-state index contributed by atoms with van der Waals surface area (Å²) in [4.78, 5) is 64.0. The number of hydrogen-bond acceptors (Lipinski definition) is 10. The van der Waals surface area contributed by atoms with E-state index in [4.69, 9.17) is 30.5 Å². The summed E-state index contributed by atoms with van der Waals surface area (Å²) in [5, 5.41) is 2.91. The predicted octanol–water partition coefficient (Wildman–Crippen LogP) is 3.80. The molecule has 45 heavy (non-hydrogen) atoms. The van der Waals surface area contributed by atoms with Gasteiger partial charge in [0.1, 0.15) is 12.2 Å². The molecule has 1 aliphatic heterocycles. The summed E-state index contributed by atoms with van der Waals surface area (Å²) in [7, 11) is 4.20. The monoisotopic (exact) mass is 646 g/mol. The average molecular weight is 647 g/mol. The molecule has 0 unspecified atom stereocenters. The Bertz CT molecular complexity index is 1430. The van der Waals surface area contributed by atoms with Crippen molar-refractivity contribution in [2.75, 3.05) is 45.9 Å². The molecule has 2 aromatic carbocycles. The van der Waals surface area contributed by atoms with Crippen LogP contribution in [-0.2, 0) is 38.2 Å². The lowest BCUT2D eigenvalue weighted by atomic mass is 9.92. The van der Waals surface area contributed by atoms with Crippen molar-refractivity contribution in [1.29, 1.82) is 0 Å². The fraction of sp³-hybridized carbons (Fsp3) is 0.469. The summed E-state index contributed by atoms with van der Waals surface area (Å²) in [6.07, 6.45) is -2.89. The first-order chi connectivity index (χ1) is 21.3. The average Bonchev–Trinajstić information content (AvgIpc) is 3.11. The molecule has 0 fully saturated rings. The highest BCUT2D eigenvalue weighted by molar-refractivity contribution is 6.30. The van der Waals surface area contributed by atoms with Crippen LogP contribution in [0, 0.1) is 5.41 Å². The Labute approximate surface area is 267 Å².